The van der Waals surface area contributed by atoms with Crippen LogP contribution in [-0.4, -0.2) is 0 Å². The normalized spacial score (nSPS) is 11.4. The molecule has 0 radical (unpaired) electrons. The maximum Gasteiger partial charge on any atom is 0.416 e. The van der Waals surface area contributed by atoms with E-state index >= 15 is 0 Å². The summed E-state index contributed by atoms with van der Waals surface area (Å²) in [6, 6.07) is 12.5. The van der Waals surface area contributed by atoms with Gasteiger partial charge in [-0.2, -0.15) is 13.2 Å². The molecule has 0 fully saturated rings. The Kier molecular flexibility index (Phi) is 4.34. The molecule has 0 aromatic heterocycles. The molecular weight excluding hydrogens is 368 g/mol. The van der Waals surface area contributed by atoms with Crippen LogP contribution >= 0.6 is 22.6 Å². The van der Waals surface area contributed by atoms with Gasteiger partial charge in [0.1, 0.15) is 12.4 Å². The van der Waals surface area contributed by atoms with E-state index in [4.69, 9.17) is 4.74 Å². The van der Waals surface area contributed by atoms with Gasteiger partial charge in [-0.25, -0.2) is 0 Å². The molecule has 0 saturated carbocycles. The molecule has 0 aliphatic rings. The second-order valence-electron chi connectivity index (χ2n) is 3.94. The van der Waals surface area contributed by atoms with Crippen LogP contribution in [0.25, 0.3) is 0 Å². The summed E-state index contributed by atoms with van der Waals surface area (Å²) in [5, 5.41) is 0. The van der Waals surface area contributed by atoms with E-state index in [9.17, 15) is 13.2 Å². The summed E-state index contributed by atoms with van der Waals surface area (Å²) in [6.45, 7) is 0.248. The van der Waals surface area contributed by atoms with Crippen LogP contribution in [-0.2, 0) is 12.8 Å². The fourth-order valence-corrected chi connectivity index (χ4v) is 1.87. The van der Waals surface area contributed by atoms with Gasteiger partial charge in [0.05, 0.1) is 5.56 Å². The van der Waals surface area contributed by atoms with E-state index in [0.717, 1.165) is 21.3 Å². The molecule has 1 nitrogen and oxygen atoms in total. The molecule has 2 aromatic rings. The SMILES string of the molecule is FC(F)(F)c1cccc(OCc2ccc(I)cc2)c1. The molecule has 2 rings (SSSR count). The first-order chi connectivity index (χ1) is 8.95. The smallest absolute Gasteiger partial charge is 0.416 e. The van der Waals surface area contributed by atoms with Crippen LogP contribution in [0, 0.1) is 3.57 Å². The predicted octanol–water partition coefficient (Wildman–Crippen LogP) is 4.89. The van der Waals surface area contributed by atoms with Crippen LogP contribution in [0.15, 0.2) is 48.5 Å². The Morgan fingerprint density at radius 1 is 1.00 bits per heavy atom. The Morgan fingerprint density at radius 2 is 1.68 bits per heavy atom. The molecule has 0 spiro atoms. The molecule has 0 amide bonds. The lowest BCUT2D eigenvalue weighted by Crippen LogP contribution is -2.05. The summed E-state index contributed by atoms with van der Waals surface area (Å²) in [5.41, 5.74) is 0.213. The number of hydrogen-bond donors (Lipinski definition) is 0. The average Bonchev–Trinajstić information content (AvgIpc) is 2.37. The minimum atomic E-state index is -4.35. The van der Waals surface area contributed by atoms with Gasteiger partial charge in [-0.15, -0.1) is 0 Å². The van der Waals surface area contributed by atoms with Gasteiger partial charge < -0.3 is 4.74 Å². The number of ether oxygens (including phenoxy) is 1. The van der Waals surface area contributed by atoms with E-state index in [2.05, 4.69) is 22.6 Å². The zero-order valence-corrected chi connectivity index (χ0v) is 11.9. The molecule has 5 heteroatoms. The van der Waals surface area contributed by atoms with Gasteiger partial charge in [0.15, 0.2) is 0 Å². The monoisotopic (exact) mass is 378 g/mol. The molecule has 0 saturated heterocycles. The minimum absolute atomic E-state index is 0.216. The molecule has 0 atom stereocenters. The van der Waals surface area contributed by atoms with Crippen molar-refractivity contribution >= 4 is 22.6 Å². The molecule has 0 unspecified atom stereocenters. The van der Waals surface area contributed by atoms with Crippen molar-refractivity contribution in [3.05, 3.63) is 63.2 Å². The fourth-order valence-electron chi connectivity index (χ4n) is 1.51. The maximum atomic E-state index is 12.5. The van der Waals surface area contributed by atoms with E-state index < -0.39 is 11.7 Å². The van der Waals surface area contributed by atoms with Gasteiger partial charge in [0.25, 0.3) is 0 Å². The summed E-state index contributed by atoms with van der Waals surface area (Å²) in [7, 11) is 0. The second-order valence-corrected chi connectivity index (χ2v) is 5.19. The Labute approximate surface area is 122 Å². The molecule has 0 aliphatic heterocycles. The highest BCUT2D eigenvalue weighted by Gasteiger charge is 2.30. The predicted molar refractivity (Wildman–Crippen MR) is 74.9 cm³/mol. The minimum Gasteiger partial charge on any atom is -0.489 e. The average molecular weight is 378 g/mol. The van der Waals surface area contributed by atoms with Crippen LogP contribution in [0.2, 0.25) is 0 Å². The van der Waals surface area contributed by atoms with Crippen LogP contribution in [0.4, 0.5) is 13.2 Å². The summed E-state index contributed by atoms with van der Waals surface area (Å²) in [6.07, 6.45) is -4.35. The van der Waals surface area contributed by atoms with Crippen LogP contribution in [0.3, 0.4) is 0 Å². The zero-order chi connectivity index (χ0) is 13.9. The van der Waals surface area contributed by atoms with Crippen LogP contribution in [0.5, 0.6) is 5.75 Å². The second kappa shape index (κ2) is 5.81. The van der Waals surface area contributed by atoms with Crippen LogP contribution in [0.1, 0.15) is 11.1 Å². The maximum absolute atomic E-state index is 12.5. The van der Waals surface area contributed by atoms with Gasteiger partial charge in [-0.05, 0) is 58.5 Å². The fraction of sp³-hybridized carbons (Fsp3) is 0.143. The van der Waals surface area contributed by atoms with Crippen LogP contribution < -0.4 is 4.74 Å². The topological polar surface area (TPSA) is 9.23 Å². The van der Waals surface area contributed by atoms with E-state index in [1.807, 2.05) is 24.3 Å². The molecule has 0 bridgehead atoms. The third-order valence-corrected chi connectivity index (χ3v) is 3.20. The Morgan fingerprint density at radius 3 is 2.32 bits per heavy atom. The lowest BCUT2D eigenvalue weighted by Gasteiger charge is -2.10. The molecule has 0 heterocycles. The molecule has 100 valence electrons. The number of halogens is 4. The first kappa shape index (κ1) is 14.2. The third-order valence-electron chi connectivity index (χ3n) is 2.48. The van der Waals surface area contributed by atoms with Gasteiger partial charge in [-0.3, -0.25) is 0 Å². The van der Waals surface area contributed by atoms with Crippen molar-refractivity contribution in [2.45, 2.75) is 12.8 Å². The standard InChI is InChI=1S/C14H10F3IO/c15-14(16,17)11-2-1-3-13(8-11)19-9-10-4-6-12(18)7-5-10/h1-8H,9H2. The number of alkyl halides is 3. The lowest BCUT2D eigenvalue weighted by atomic mass is 10.2. The van der Waals surface area contributed by atoms with E-state index in [1.54, 1.807) is 0 Å². The summed E-state index contributed by atoms with van der Waals surface area (Å²) in [4.78, 5) is 0. The summed E-state index contributed by atoms with van der Waals surface area (Å²) >= 11 is 2.18. The number of hydrogen-bond acceptors (Lipinski definition) is 1. The Hall–Kier alpha value is -1.24. The third kappa shape index (κ3) is 4.12. The van der Waals surface area contributed by atoms with Crippen molar-refractivity contribution in [3.63, 3.8) is 0 Å². The Bertz CT molecular complexity index is 549. The zero-order valence-electron chi connectivity index (χ0n) is 9.75. The van der Waals surface area contributed by atoms with Gasteiger partial charge in [0.2, 0.25) is 0 Å². The van der Waals surface area contributed by atoms with E-state index in [-0.39, 0.29) is 12.4 Å². The number of benzene rings is 2. The van der Waals surface area contributed by atoms with Gasteiger partial charge in [0, 0.05) is 3.57 Å². The first-order valence-corrected chi connectivity index (χ1v) is 6.57. The van der Waals surface area contributed by atoms with Crippen molar-refractivity contribution in [3.8, 4) is 5.75 Å². The van der Waals surface area contributed by atoms with Gasteiger partial charge in [-0.1, -0.05) is 18.2 Å². The van der Waals surface area contributed by atoms with E-state index in [0.29, 0.717) is 0 Å². The Balaban J connectivity index is 2.05. The molecule has 2 aromatic carbocycles. The quantitative estimate of drug-likeness (QED) is 0.692. The molecule has 0 aliphatic carbocycles. The highest BCUT2D eigenvalue weighted by Crippen LogP contribution is 2.31. The highest BCUT2D eigenvalue weighted by molar-refractivity contribution is 14.1. The molecular formula is C14H10F3IO. The van der Waals surface area contributed by atoms with E-state index in [1.165, 1.54) is 12.1 Å². The van der Waals surface area contributed by atoms with Crippen molar-refractivity contribution in [1.29, 1.82) is 0 Å². The lowest BCUT2D eigenvalue weighted by molar-refractivity contribution is -0.137. The largest absolute Gasteiger partial charge is 0.489 e. The van der Waals surface area contributed by atoms with Crippen molar-refractivity contribution in [1.82, 2.24) is 0 Å². The molecule has 0 N–H and O–H groups in total. The summed E-state index contributed by atoms with van der Waals surface area (Å²) < 4.78 is 44.0. The van der Waals surface area contributed by atoms with Crippen molar-refractivity contribution in [2.24, 2.45) is 0 Å². The van der Waals surface area contributed by atoms with Crippen molar-refractivity contribution < 1.29 is 17.9 Å². The number of rotatable bonds is 3. The first-order valence-electron chi connectivity index (χ1n) is 5.50. The van der Waals surface area contributed by atoms with Gasteiger partial charge >= 0.3 is 6.18 Å². The summed E-state index contributed by atoms with van der Waals surface area (Å²) in [5.74, 6) is 0.216. The molecule has 19 heavy (non-hydrogen) atoms. The van der Waals surface area contributed by atoms with Crippen molar-refractivity contribution in [2.75, 3.05) is 0 Å². The highest BCUT2D eigenvalue weighted by atomic mass is 127.